The molecule has 0 unspecified atom stereocenters. The third-order valence-corrected chi connectivity index (χ3v) is 5.36. The lowest BCUT2D eigenvalue weighted by atomic mass is 10.1. The molecule has 1 fully saturated rings. The van der Waals surface area contributed by atoms with Crippen LogP contribution in [0.2, 0.25) is 0 Å². The summed E-state index contributed by atoms with van der Waals surface area (Å²) in [7, 11) is 0. The molecule has 2 aromatic rings. The molecule has 1 aliphatic heterocycles. The van der Waals surface area contributed by atoms with Gasteiger partial charge in [-0.3, -0.25) is 14.5 Å². The van der Waals surface area contributed by atoms with E-state index >= 15 is 0 Å². The summed E-state index contributed by atoms with van der Waals surface area (Å²) in [5.41, 5.74) is 1.67. The summed E-state index contributed by atoms with van der Waals surface area (Å²) < 4.78 is 18.7. The predicted octanol–water partition coefficient (Wildman–Crippen LogP) is 3.53. The van der Waals surface area contributed by atoms with Crippen LogP contribution in [0.4, 0.5) is 4.39 Å². The molecular weight excluding hydrogens is 371 g/mol. The molecule has 29 heavy (non-hydrogen) atoms. The quantitative estimate of drug-likeness (QED) is 0.699. The van der Waals surface area contributed by atoms with E-state index in [1.807, 2.05) is 11.8 Å². The van der Waals surface area contributed by atoms with Crippen LogP contribution in [-0.4, -0.2) is 53.3 Å². The molecule has 6 heteroatoms. The lowest BCUT2D eigenvalue weighted by Crippen LogP contribution is -2.58. The second-order valence-corrected chi connectivity index (χ2v) is 7.67. The van der Waals surface area contributed by atoms with Crippen molar-refractivity contribution in [3.8, 4) is 5.75 Å². The summed E-state index contributed by atoms with van der Waals surface area (Å²) in [4.78, 5) is 28.2. The number of hydrogen-bond donors (Lipinski definition) is 0. The number of hydrogen-bond acceptors (Lipinski definition) is 4. The van der Waals surface area contributed by atoms with Gasteiger partial charge in [0.05, 0.1) is 0 Å². The average molecular weight is 398 g/mol. The van der Waals surface area contributed by atoms with E-state index in [2.05, 4.69) is 11.8 Å². The second-order valence-electron chi connectivity index (χ2n) is 7.67. The SMILES string of the molecule is CC(=O)c1ccc(OCC(=O)N2C[C@H](C)N(Cc3ccc(F)cc3)C[C@H]2C)cc1. The van der Waals surface area contributed by atoms with Crippen molar-refractivity contribution < 1.29 is 18.7 Å². The van der Waals surface area contributed by atoms with Crippen molar-refractivity contribution in [2.75, 3.05) is 19.7 Å². The first-order chi connectivity index (χ1) is 13.8. The zero-order valence-corrected chi connectivity index (χ0v) is 17.1. The van der Waals surface area contributed by atoms with Crippen molar-refractivity contribution >= 4 is 11.7 Å². The number of amides is 1. The third kappa shape index (κ3) is 5.41. The zero-order chi connectivity index (χ0) is 21.0. The fourth-order valence-electron chi connectivity index (χ4n) is 3.60. The molecule has 1 saturated heterocycles. The molecule has 154 valence electrons. The molecule has 1 aliphatic rings. The van der Waals surface area contributed by atoms with Gasteiger partial charge in [-0.2, -0.15) is 0 Å². The Morgan fingerprint density at radius 3 is 2.28 bits per heavy atom. The van der Waals surface area contributed by atoms with Crippen LogP contribution in [0.15, 0.2) is 48.5 Å². The highest BCUT2D eigenvalue weighted by atomic mass is 19.1. The molecule has 0 spiro atoms. The number of Topliss-reactive ketones (excluding diaryl/α,β-unsaturated/α-hetero) is 1. The maximum atomic E-state index is 13.1. The Bertz CT molecular complexity index is 851. The van der Waals surface area contributed by atoms with Crippen LogP contribution in [0.25, 0.3) is 0 Å². The molecule has 2 atom stereocenters. The Labute approximate surface area is 171 Å². The standard InChI is InChI=1S/C23H27FN2O3/c1-16-13-26(17(2)12-25(16)14-19-4-8-21(24)9-5-19)23(28)15-29-22-10-6-20(7-11-22)18(3)27/h4-11,16-17H,12-15H2,1-3H3/t16-,17+/m0/s1. The second kappa shape index (κ2) is 9.18. The Morgan fingerprint density at radius 2 is 1.66 bits per heavy atom. The van der Waals surface area contributed by atoms with Gasteiger partial charge in [-0.05, 0) is 62.7 Å². The Balaban J connectivity index is 1.54. The summed E-state index contributed by atoms with van der Waals surface area (Å²) in [6, 6.07) is 13.6. The lowest BCUT2D eigenvalue weighted by Gasteiger charge is -2.44. The Morgan fingerprint density at radius 1 is 1.00 bits per heavy atom. The molecular formula is C23H27FN2O3. The number of rotatable bonds is 6. The summed E-state index contributed by atoms with van der Waals surface area (Å²) in [6.45, 7) is 7.70. The third-order valence-electron chi connectivity index (χ3n) is 5.36. The fraction of sp³-hybridized carbons (Fsp3) is 0.391. The molecule has 0 aromatic heterocycles. The number of carbonyl (C=O) groups excluding carboxylic acids is 2. The number of carbonyl (C=O) groups is 2. The van der Waals surface area contributed by atoms with Gasteiger partial charge in [0.2, 0.25) is 0 Å². The van der Waals surface area contributed by atoms with Gasteiger partial charge >= 0.3 is 0 Å². The predicted molar refractivity (Wildman–Crippen MR) is 109 cm³/mol. The smallest absolute Gasteiger partial charge is 0.260 e. The van der Waals surface area contributed by atoms with Gasteiger partial charge in [-0.1, -0.05) is 12.1 Å². The fourth-order valence-corrected chi connectivity index (χ4v) is 3.60. The highest BCUT2D eigenvalue weighted by Gasteiger charge is 2.32. The van der Waals surface area contributed by atoms with E-state index in [1.165, 1.54) is 19.1 Å². The first kappa shape index (κ1) is 21.0. The molecule has 1 amide bonds. The molecule has 1 heterocycles. The first-order valence-electron chi connectivity index (χ1n) is 9.85. The maximum absolute atomic E-state index is 13.1. The van der Waals surface area contributed by atoms with Crippen molar-refractivity contribution in [3.05, 3.63) is 65.5 Å². The number of ketones is 1. The molecule has 0 radical (unpaired) electrons. The maximum Gasteiger partial charge on any atom is 0.260 e. The monoisotopic (exact) mass is 398 g/mol. The number of nitrogens with zero attached hydrogens (tertiary/aromatic N) is 2. The normalized spacial score (nSPS) is 19.8. The summed E-state index contributed by atoms with van der Waals surface area (Å²) in [5, 5.41) is 0. The van der Waals surface area contributed by atoms with E-state index in [9.17, 15) is 14.0 Å². The van der Waals surface area contributed by atoms with Crippen molar-refractivity contribution in [2.24, 2.45) is 0 Å². The molecule has 2 aromatic carbocycles. The topological polar surface area (TPSA) is 49.9 Å². The average Bonchev–Trinajstić information content (AvgIpc) is 2.70. The van der Waals surface area contributed by atoms with Crippen LogP contribution in [0, 0.1) is 5.82 Å². The zero-order valence-electron chi connectivity index (χ0n) is 17.1. The number of halogens is 1. The van der Waals surface area contributed by atoms with Crippen LogP contribution in [0.5, 0.6) is 5.75 Å². The van der Waals surface area contributed by atoms with Gasteiger partial charge in [0, 0.05) is 37.3 Å². The molecule has 0 N–H and O–H groups in total. The van der Waals surface area contributed by atoms with Crippen molar-refractivity contribution in [1.29, 1.82) is 0 Å². The van der Waals surface area contributed by atoms with Crippen LogP contribution in [0.1, 0.15) is 36.7 Å². The van der Waals surface area contributed by atoms with E-state index in [4.69, 9.17) is 4.74 Å². The summed E-state index contributed by atoms with van der Waals surface area (Å²) in [5.74, 6) is 0.274. The van der Waals surface area contributed by atoms with Gasteiger partial charge in [0.15, 0.2) is 12.4 Å². The lowest BCUT2D eigenvalue weighted by molar-refractivity contribution is -0.139. The Kier molecular flexibility index (Phi) is 6.64. The number of piperazine rings is 1. The van der Waals surface area contributed by atoms with Gasteiger partial charge in [-0.15, -0.1) is 0 Å². The van der Waals surface area contributed by atoms with Crippen molar-refractivity contribution in [3.63, 3.8) is 0 Å². The minimum atomic E-state index is -0.235. The molecule has 3 rings (SSSR count). The van der Waals surface area contributed by atoms with Gasteiger partial charge in [0.25, 0.3) is 5.91 Å². The molecule has 5 nitrogen and oxygen atoms in total. The summed E-state index contributed by atoms with van der Waals surface area (Å²) >= 11 is 0. The van der Waals surface area contributed by atoms with Crippen LogP contribution < -0.4 is 4.74 Å². The van der Waals surface area contributed by atoms with Crippen LogP contribution in [-0.2, 0) is 11.3 Å². The Hall–Kier alpha value is -2.73. The summed E-state index contributed by atoms with van der Waals surface area (Å²) in [6.07, 6.45) is 0. The highest BCUT2D eigenvalue weighted by molar-refractivity contribution is 5.94. The van der Waals surface area contributed by atoms with Crippen molar-refractivity contribution in [1.82, 2.24) is 9.80 Å². The van der Waals surface area contributed by atoms with E-state index in [0.29, 0.717) is 17.9 Å². The minimum Gasteiger partial charge on any atom is -0.484 e. The van der Waals surface area contributed by atoms with E-state index in [-0.39, 0.29) is 36.2 Å². The molecule has 0 aliphatic carbocycles. The van der Waals surface area contributed by atoms with E-state index in [1.54, 1.807) is 36.4 Å². The minimum absolute atomic E-state index is 0.00560. The van der Waals surface area contributed by atoms with Crippen LogP contribution in [0.3, 0.4) is 0 Å². The van der Waals surface area contributed by atoms with Gasteiger partial charge < -0.3 is 9.64 Å². The number of benzene rings is 2. The molecule has 0 saturated carbocycles. The largest absolute Gasteiger partial charge is 0.484 e. The first-order valence-corrected chi connectivity index (χ1v) is 9.85. The highest BCUT2D eigenvalue weighted by Crippen LogP contribution is 2.19. The van der Waals surface area contributed by atoms with E-state index in [0.717, 1.165) is 18.7 Å². The van der Waals surface area contributed by atoms with Gasteiger partial charge in [0.1, 0.15) is 11.6 Å². The van der Waals surface area contributed by atoms with Gasteiger partial charge in [-0.25, -0.2) is 4.39 Å². The van der Waals surface area contributed by atoms with E-state index < -0.39 is 0 Å². The number of ether oxygens (including phenoxy) is 1. The van der Waals surface area contributed by atoms with Crippen LogP contribution >= 0.6 is 0 Å². The molecule has 0 bridgehead atoms. The van der Waals surface area contributed by atoms with Crippen molar-refractivity contribution in [2.45, 2.75) is 39.4 Å².